The Balaban J connectivity index is 1.52. The van der Waals surface area contributed by atoms with E-state index in [-0.39, 0.29) is 11.4 Å². The average molecular weight is 399 g/mol. The van der Waals surface area contributed by atoms with Crippen molar-refractivity contribution in [3.63, 3.8) is 0 Å². The number of benzene rings is 1. The molecule has 0 unspecified atom stereocenters. The molecular weight excluding hydrogens is 368 g/mol. The summed E-state index contributed by atoms with van der Waals surface area (Å²) in [6, 6.07) is 9.92. The lowest BCUT2D eigenvalue weighted by Crippen LogP contribution is -2.43. The average Bonchev–Trinajstić information content (AvgIpc) is 3.37. The first-order chi connectivity index (χ1) is 14.1. The van der Waals surface area contributed by atoms with Crippen LogP contribution in [0, 0.1) is 6.92 Å². The summed E-state index contributed by atoms with van der Waals surface area (Å²) in [7, 11) is 1.67. The van der Waals surface area contributed by atoms with Crippen LogP contribution in [0.25, 0.3) is 0 Å². The molecule has 1 aliphatic carbocycles. The molecule has 1 N–H and O–H groups in total. The van der Waals surface area contributed by atoms with E-state index in [4.69, 9.17) is 13.9 Å². The minimum Gasteiger partial charge on any atom is -0.497 e. The molecule has 1 saturated heterocycles. The number of rotatable bonds is 6. The summed E-state index contributed by atoms with van der Waals surface area (Å²) in [6.45, 7) is 6.05. The molecular formula is C23H30N2O4. The predicted octanol–water partition coefficient (Wildman–Crippen LogP) is 3.63. The van der Waals surface area contributed by atoms with Crippen molar-refractivity contribution in [2.75, 3.05) is 33.4 Å². The number of hydrogen-bond acceptors (Lipinski definition) is 5. The van der Waals surface area contributed by atoms with Crippen molar-refractivity contribution in [2.24, 2.45) is 0 Å². The number of ether oxygens (including phenoxy) is 2. The van der Waals surface area contributed by atoms with E-state index >= 15 is 0 Å². The second-order valence-electron chi connectivity index (χ2n) is 8.06. The normalized spacial score (nSPS) is 19.2. The van der Waals surface area contributed by atoms with Crippen LogP contribution in [0.15, 0.2) is 34.7 Å². The molecule has 2 fully saturated rings. The first-order valence-corrected chi connectivity index (χ1v) is 10.5. The van der Waals surface area contributed by atoms with Crippen molar-refractivity contribution in [2.45, 2.75) is 44.7 Å². The quantitative estimate of drug-likeness (QED) is 0.805. The van der Waals surface area contributed by atoms with Gasteiger partial charge in [-0.25, -0.2) is 0 Å². The highest BCUT2D eigenvalue weighted by atomic mass is 16.5. The third-order valence-electron chi connectivity index (χ3n) is 6.17. The molecule has 4 rings (SSSR count). The Morgan fingerprint density at radius 1 is 1.21 bits per heavy atom. The highest BCUT2D eigenvalue weighted by Gasteiger charge is 2.38. The number of carbonyl (C=O) groups is 1. The molecule has 0 spiro atoms. The monoisotopic (exact) mass is 398 g/mol. The highest BCUT2D eigenvalue weighted by Crippen LogP contribution is 2.40. The number of furan rings is 1. The van der Waals surface area contributed by atoms with E-state index < -0.39 is 0 Å². The molecule has 6 heteroatoms. The van der Waals surface area contributed by atoms with E-state index in [1.165, 1.54) is 0 Å². The molecule has 1 aromatic heterocycles. The zero-order valence-corrected chi connectivity index (χ0v) is 17.3. The number of aryl methyl sites for hydroxylation is 1. The van der Waals surface area contributed by atoms with Gasteiger partial charge in [0.25, 0.3) is 5.91 Å². The lowest BCUT2D eigenvalue weighted by molar-refractivity contribution is 0.0340. The first kappa shape index (κ1) is 20.0. The SMILES string of the molecule is COc1cccc(C2(NC(=O)c3cc(CN4CCOCC4)c(C)o3)CCCC2)c1. The van der Waals surface area contributed by atoms with E-state index in [1.54, 1.807) is 7.11 Å². The fourth-order valence-corrected chi connectivity index (χ4v) is 4.45. The number of morpholine rings is 1. The van der Waals surface area contributed by atoms with Gasteiger partial charge in [-0.15, -0.1) is 0 Å². The number of nitrogens with one attached hydrogen (secondary N) is 1. The van der Waals surface area contributed by atoms with E-state index in [0.717, 1.165) is 81.2 Å². The van der Waals surface area contributed by atoms with Crippen LogP contribution in [0.2, 0.25) is 0 Å². The largest absolute Gasteiger partial charge is 0.497 e. The van der Waals surface area contributed by atoms with Crippen LogP contribution < -0.4 is 10.1 Å². The number of hydrogen-bond donors (Lipinski definition) is 1. The van der Waals surface area contributed by atoms with E-state index in [1.807, 2.05) is 31.2 Å². The first-order valence-electron chi connectivity index (χ1n) is 10.5. The number of amides is 1. The molecule has 1 aliphatic heterocycles. The van der Waals surface area contributed by atoms with Gasteiger partial charge in [-0.05, 0) is 43.5 Å². The topological polar surface area (TPSA) is 63.9 Å². The molecule has 0 bridgehead atoms. The number of carbonyl (C=O) groups excluding carboxylic acids is 1. The van der Waals surface area contributed by atoms with Crippen molar-refractivity contribution in [1.29, 1.82) is 0 Å². The Labute approximate surface area is 172 Å². The molecule has 2 aromatic rings. The Bertz CT molecular complexity index is 848. The molecule has 1 amide bonds. The Morgan fingerprint density at radius 2 is 1.97 bits per heavy atom. The maximum Gasteiger partial charge on any atom is 0.287 e. The fraction of sp³-hybridized carbons (Fsp3) is 0.522. The van der Waals surface area contributed by atoms with Gasteiger partial charge in [0.15, 0.2) is 5.76 Å². The summed E-state index contributed by atoms with van der Waals surface area (Å²) in [6.07, 6.45) is 4.03. The van der Waals surface area contributed by atoms with Crippen molar-refractivity contribution in [3.8, 4) is 5.75 Å². The van der Waals surface area contributed by atoms with Gasteiger partial charge in [0, 0.05) is 25.2 Å². The number of methoxy groups -OCH3 is 1. The lowest BCUT2D eigenvalue weighted by atomic mass is 9.87. The lowest BCUT2D eigenvalue weighted by Gasteiger charge is -2.31. The third kappa shape index (κ3) is 4.33. The van der Waals surface area contributed by atoms with E-state index in [2.05, 4.69) is 16.3 Å². The van der Waals surface area contributed by atoms with Crippen molar-refractivity contribution < 1.29 is 18.7 Å². The Morgan fingerprint density at radius 3 is 2.69 bits per heavy atom. The van der Waals surface area contributed by atoms with Gasteiger partial charge in [-0.2, -0.15) is 0 Å². The van der Waals surface area contributed by atoms with Gasteiger partial charge in [-0.1, -0.05) is 25.0 Å². The standard InChI is InChI=1S/C23H30N2O4/c1-17-18(16-25-10-12-28-13-11-25)14-21(29-17)22(26)24-23(8-3-4-9-23)19-6-5-7-20(15-19)27-2/h5-7,14-15H,3-4,8-13,16H2,1-2H3,(H,24,26). The van der Waals surface area contributed by atoms with Crippen LogP contribution in [0.4, 0.5) is 0 Å². The minimum absolute atomic E-state index is 0.147. The van der Waals surface area contributed by atoms with Gasteiger partial charge >= 0.3 is 0 Å². The molecule has 1 saturated carbocycles. The van der Waals surface area contributed by atoms with Gasteiger partial charge in [0.05, 0.1) is 25.9 Å². The van der Waals surface area contributed by atoms with Crippen molar-refractivity contribution in [3.05, 3.63) is 53.0 Å². The molecule has 1 aromatic carbocycles. The summed E-state index contributed by atoms with van der Waals surface area (Å²) >= 11 is 0. The van der Waals surface area contributed by atoms with Gasteiger partial charge in [0.1, 0.15) is 11.5 Å². The van der Waals surface area contributed by atoms with Crippen LogP contribution in [-0.2, 0) is 16.8 Å². The van der Waals surface area contributed by atoms with Gasteiger partial charge in [0.2, 0.25) is 0 Å². The molecule has 0 atom stereocenters. The smallest absolute Gasteiger partial charge is 0.287 e. The summed E-state index contributed by atoms with van der Waals surface area (Å²) in [4.78, 5) is 15.5. The molecule has 2 heterocycles. The summed E-state index contributed by atoms with van der Waals surface area (Å²) < 4.78 is 16.7. The third-order valence-corrected chi connectivity index (χ3v) is 6.17. The van der Waals surface area contributed by atoms with Crippen LogP contribution in [0.5, 0.6) is 5.75 Å². The maximum atomic E-state index is 13.1. The second-order valence-corrected chi connectivity index (χ2v) is 8.06. The summed E-state index contributed by atoms with van der Waals surface area (Å²) in [5.41, 5.74) is 1.80. The Kier molecular flexibility index (Phi) is 5.92. The van der Waals surface area contributed by atoms with Crippen LogP contribution in [0.1, 0.15) is 53.1 Å². The predicted molar refractivity (Wildman–Crippen MR) is 110 cm³/mol. The zero-order valence-electron chi connectivity index (χ0n) is 17.3. The molecule has 29 heavy (non-hydrogen) atoms. The van der Waals surface area contributed by atoms with Crippen molar-refractivity contribution in [1.82, 2.24) is 10.2 Å². The van der Waals surface area contributed by atoms with E-state index in [0.29, 0.717) is 5.76 Å². The highest BCUT2D eigenvalue weighted by molar-refractivity contribution is 5.92. The van der Waals surface area contributed by atoms with Gasteiger partial charge in [-0.3, -0.25) is 9.69 Å². The summed E-state index contributed by atoms with van der Waals surface area (Å²) in [5.74, 6) is 1.86. The second kappa shape index (κ2) is 8.59. The zero-order chi connectivity index (χ0) is 20.3. The van der Waals surface area contributed by atoms with Crippen LogP contribution >= 0.6 is 0 Å². The fourth-order valence-electron chi connectivity index (χ4n) is 4.45. The van der Waals surface area contributed by atoms with Gasteiger partial charge < -0.3 is 19.2 Å². The molecule has 156 valence electrons. The molecule has 6 nitrogen and oxygen atoms in total. The summed E-state index contributed by atoms with van der Waals surface area (Å²) in [5, 5.41) is 3.30. The minimum atomic E-state index is -0.364. The van der Waals surface area contributed by atoms with Crippen LogP contribution in [-0.4, -0.2) is 44.2 Å². The Hall–Kier alpha value is -2.31. The molecule has 2 aliphatic rings. The number of nitrogens with zero attached hydrogens (tertiary/aromatic N) is 1. The van der Waals surface area contributed by atoms with Crippen molar-refractivity contribution >= 4 is 5.91 Å². The maximum absolute atomic E-state index is 13.1. The molecule has 0 radical (unpaired) electrons. The van der Waals surface area contributed by atoms with E-state index in [9.17, 15) is 4.79 Å². The van der Waals surface area contributed by atoms with Crippen LogP contribution in [0.3, 0.4) is 0 Å².